The molecular formula is C19H21F2N3O3. The number of carbonyl (C=O) groups is 2. The van der Waals surface area contributed by atoms with Crippen molar-refractivity contribution in [3.63, 3.8) is 0 Å². The van der Waals surface area contributed by atoms with Gasteiger partial charge in [-0.05, 0) is 43.7 Å². The van der Waals surface area contributed by atoms with Gasteiger partial charge in [0.2, 0.25) is 11.8 Å². The molecule has 1 aromatic carbocycles. The molecule has 1 heterocycles. The van der Waals surface area contributed by atoms with Crippen LogP contribution >= 0.6 is 0 Å². The second-order valence-corrected chi connectivity index (χ2v) is 6.44. The number of nitrogens with one attached hydrogen (secondary N) is 2. The summed E-state index contributed by atoms with van der Waals surface area (Å²) >= 11 is 0. The Hall–Kier alpha value is -2.71. The topological polar surface area (TPSA) is 91.3 Å². The number of imide groups is 1. The molecule has 8 heteroatoms. The highest BCUT2D eigenvalue weighted by Crippen LogP contribution is 2.18. The first-order valence-corrected chi connectivity index (χ1v) is 8.32. The van der Waals surface area contributed by atoms with Crippen molar-refractivity contribution in [2.75, 3.05) is 6.61 Å². The maximum Gasteiger partial charge on any atom is 0.243 e. The van der Waals surface area contributed by atoms with Crippen LogP contribution < -0.4 is 10.6 Å². The van der Waals surface area contributed by atoms with Crippen LogP contribution in [-0.2, 0) is 21.5 Å². The van der Waals surface area contributed by atoms with E-state index in [1.165, 1.54) is 6.92 Å². The van der Waals surface area contributed by atoms with Gasteiger partial charge in [-0.3, -0.25) is 25.2 Å². The average Bonchev–Trinajstić information content (AvgIpc) is 2.61. The predicted octanol–water partition coefficient (Wildman–Crippen LogP) is 1.43. The number of aromatic nitrogens is 1. The van der Waals surface area contributed by atoms with E-state index in [1.54, 1.807) is 31.3 Å². The van der Waals surface area contributed by atoms with Crippen molar-refractivity contribution in [2.24, 2.45) is 0 Å². The molecule has 2 aromatic rings. The van der Waals surface area contributed by atoms with E-state index in [-0.39, 0.29) is 18.6 Å². The van der Waals surface area contributed by atoms with E-state index in [0.717, 1.165) is 12.1 Å². The van der Waals surface area contributed by atoms with Crippen LogP contribution in [0.4, 0.5) is 8.78 Å². The fraction of sp³-hybridized carbons (Fsp3) is 0.316. The molecule has 0 aliphatic rings. The molecule has 6 nitrogen and oxygen atoms in total. The lowest BCUT2D eigenvalue weighted by molar-refractivity contribution is -0.131. The van der Waals surface area contributed by atoms with Gasteiger partial charge in [-0.1, -0.05) is 6.07 Å². The van der Waals surface area contributed by atoms with E-state index >= 15 is 0 Å². The number of hydrogen-bond donors (Lipinski definition) is 3. The van der Waals surface area contributed by atoms with Crippen LogP contribution in [0.3, 0.4) is 0 Å². The van der Waals surface area contributed by atoms with Crippen molar-refractivity contribution >= 4 is 11.8 Å². The van der Waals surface area contributed by atoms with E-state index in [2.05, 4.69) is 15.6 Å². The Morgan fingerprint density at radius 2 is 1.89 bits per heavy atom. The summed E-state index contributed by atoms with van der Waals surface area (Å²) in [7, 11) is 0. The second-order valence-electron chi connectivity index (χ2n) is 6.44. The van der Waals surface area contributed by atoms with Crippen LogP contribution in [0.5, 0.6) is 0 Å². The Morgan fingerprint density at radius 1 is 1.22 bits per heavy atom. The first-order valence-electron chi connectivity index (χ1n) is 8.32. The number of benzene rings is 1. The van der Waals surface area contributed by atoms with E-state index in [4.69, 9.17) is 0 Å². The zero-order valence-corrected chi connectivity index (χ0v) is 15.0. The van der Waals surface area contributed by atoms with Gasteiger partial charge in [0.25, 0.3) is 0 Å². The summed E-state index contributed by atoms with van der Waals surface area (Å²) in [6, 6.07) is 7.11. The molecule has 1 aromatic heterocycles. The number of pyridine rings is 1. The molecular weight excluding hydrogens is 356 g/mol. The van der Waals surface area contributed by atoms with Gasteiger partial charge in [0.05, 0.1) is 30.3 Å². The van der Waals surface area contributed by atoms with Gasteiger partial charge in [0, 0.05) is 12.3 Å². The maximum absolute atomic E-state index is 13.2. The fourth-order valence-electron chi connectivity index (χ4n) is 2.62. The molecule has 0 fully saturated rings. The average molecular weight is 377 g/mol. The minimum absolute atomic E-state index is 0.118. The van der Waals surface area contributed by atoms with E-state index in [9.17, 15) is 23.5 Å². The normalized spacial score (nSPS) is 14.3. The highest BCUT2D eigenvalue weighted by atomic mass is 19.1. The Balaban J connectivity index is 1.99. The Labute approximate surface area is 155 Å². The standard InChI is InChI=1S/C19H21F2N3O3/c1-12(24-19(2,11-25)16-5-3-4-6-22-16)18(27)23-17(26)9-13-7-14(20)10-15(21)8-13/h3-8,10,12,24-25H,9,11H2,1-2H3,(H,23,26,27)/t12-,19?/m0/s1. The summed E-state index contributed by atoms with van der Waals surface area (Å²) in [5.74, 6) is -2.92. The fourth-order valence-corrected chi connectivity index (χ4v) is 2.62. The molecule has 2 amide bonds. The first-order chi connectivity index (χ1) is 12.7. The van der Waals surface area contributed by atoms with Crippen molar-refractivity contribution < 1.29 is 23.5 Å². The zero-order chi connectivity index (χ0) is 20.0. The van der Waals surface area contributed by atoms with Gasteiger partial charge in [-0.25, -0.2) is 8.78 Å². The highest BCUT2D eigenvalue weighted by molar-refractivity contribution is 5.98. The van der Waals surface area contributed by atoms with Crippen LogP contribution in [0.1, 0.15) is 25.1 Å². The van der Waals surface area contributed by atoms with Crippen molar-refractivity contribution in [1.82, 2.24) is 15.6 Å². The van der Waals surface area contributed by atoms with Gasteiger partial charge in [-0.15, -0.1) is 0 Å². The molecule has 0 radical (unpaired) electrons. The third-order valence-corrected chi connectivity index (χ3v) is 4.02. The first kappa shape index (κ1) is 20.6. The van der Waals surface area contributed by atoms with Crippen molar-refractivity contribution in [2.45, 2.75) is 31.8 Å². The third-order valence-electron chi connectivity index (χ3n) is 4.02. The Bertz CT molecular complexity index is 797. The number of hydrogen-bond acceptors (Lipinski definition) is 5. The van der Waals surface area contributed by atoms with E-state index in [1.807, 2.05) is 0 Å². The molecule has 0 aliphatic heterocycles. The lowest BCUT2D eigenvalue weighted by Gasteiger charge is -2.31. The minimum atomic E-state index is -0.993. The largest absolute Gasteiger partial charge is 0.394 e. The van der Waals surface area contributed by atoms with Crippen LogP contribution in [-0.4, -0.2) is 34.6 Å². The highest BCUT2D eigenvalue weighted by Gasteiger charge is 2.31. The number of carbonyl (C=O) groups excluding carboxylic acids is 2. The molecule has 1 unspecified atom stereocenters. The van der Waals surface area contributed by atoms with E-state index in [0.29, 0.717) is 11.8 Å². The number of nitrogens with zero attached hydrogens (tertiary/aromatic N) is 1. The van der Waals surface area contributed by atoms with Crippen molar-refractivity contribution in [3.05, 3.63) is 65.5 Å². The predicted molar refractivity (Wildman–Crippen MR) is 94.5 cm³/mol. The zero-order valence-electron chi connectivity index (χ0n) is 15.0. The lowest BCUT2D eigenvalue weighted by Crippen LogP contribution is -2.54. The summed E-state index contributed by atoms with van der Waals surface area (Å²) in [6.45, 7) is 2.88. The summed E-state index contributed by atoms with van der Waals surface area (Å²) in [4.78, 5) is 28.4. The quantitative estimate of drug-likeness (QED) is 0.679. The Morgan fingerprint density at radius 3 is 2.44 bits per heavy atom. The van der Waals surface area contributed by atoms with Crippen molar-refractivity contribution in [1.29, 1.82) is 0 Å². The van der Waals surface area contributed by atoms with Crippen LogP contribution in [0.2, 0.25) is 0 Å². The van der Waals surface area contributed by atoms with Gasteiger partial charge in [-0.2, -0.15) is 0 Å². The monoisotopic (exact) mass is 377 g/mol. The minimum Gasteiger partial charge on any atom is -0.394 e. The summed E-state index contributed by atoms with van der Waals surface area (Å²) in [5, 5.41) is 14.9. The summed E-state index contributed by atoms with van der Waals surface area (Å²) < 4.78 is 26.4. The van der Waals surface area contributed by atoms with Gasteiger partial charge < -0.3 is 5.11 Å². The van der Waals surface area contributed by atoms with Gasteiger partial charge >= 0.3 is 0 Å². The summed E-state index contributed by atoms with van der Waals surface area (Å²) in [6.07, 6.45) is 1.22. The van der Waals surface area contributed by atoms with Crippen LogP contribution in [0.25, 0.3) is 0 Å². The van der Waals surface area contributed by atoms with E-state index < -0.39 is 35.0 Å². The Kier molecular flexibility index (Phi) is 6.70. The lowest BCUT2D eigenvalue weighted by atomic mass is 9.96. The van der Waals surface area contributed by atoms with Gasteiger partial charge in [0.1, 0.15) is 11.6 Å². The molecule has 0 aliphatic carbocycles. The molecule has 3 N–H and O–H groups in total. The number of aliphatic hydroxyl groups excluding tert-OH is 1. The molecule has 27 heavy (non-hydrogen) atoms. The molecule has 0 saturated heterocycles. The molecule has 0 spiro atoms. The maximum atomic E-state index is 13.2. The molecule has 0 saturated carbocycles. The molecule has 144 valence electrons. The van der Waals surface area contributed by atoms with Crippen LogP contribution in [0.15, 0.2) is 42.6 Å². The summed E-state index contributed by atoms with van der Waals surface area (Å²) in [5.41, 5.74) is -0.340. The SMILES string of the molecule is C[C@H](NC(C)(CO)c1ccccn1)C(=O)NC(=O)Cc1cc(F)cc(F)c1. The molecule has 2 atom stereocenters. The van der Waals surface area contributed by atoms with Crippen LogP contribution in [0, 0.1) is 11.6 Å². The molecule has 2 rings (SSSR count). The number of rotatable bonds is 7. The molecule has 0 bridgehead atoms. The third kappa shape index (κ3) is 5.63. The number of amides is 2. The second kappa shape index (κ2) is 8.79. The smallest absolute Gasteiger partial charge is 0.243 e. The van der Waals surface area contributed by atoms with Crippen molar-refractivity contribution in [3.8, 4) is 0 Å². The number of aliphatic hydroxyl groups is 1. The number of halogens is 2. The van der Waals surface area contributed by atoms with Gasteiger partial charge in [0.15, 0.2) is 0 Å².